The van der Waals surface area contributed by atoms with Crippen LogP contribution in [-0.2, 0) is 6.42 Å². The Morgan fingerprint density at radius 1 is 0.857 bits per heavy atom. The molecule has 2 aromatic carbocycles. The fourth-order valence-corrected chi connectivity index (χ4v) is 4.71. The van der Waals surface area contributed by atoms with Crippen LogP contribution in [0.2, 0.25) is 0 Å². The van der Waals surface area contributed by atoms with E-state index in [0.29, 0.717) is 29.1 Å². The number of hydrogen-bond donors (Lipinski definition) is 0. The van der Waals surface area contributed by atoms with E-state index in [4.69, 9.17) is 28.4 Å². The molecule has 2 heterocycles. The Balaban J connectivity index is 1.73. The lowest BCUT2D eigenvalue weighted by Gasteiger charge is -2.37. The van der Waals surface area contributed by atoms with E-state index >= 15 is 0 Å². The highest BCUT2D eigenvalue weighted by Crippen LogP contribution is 2.55. The van der Waals surface area contributed by atoms with Crippen LogP contribution in [0.25, 0.3) is 0 Å². The Morgan fingerprint density at radius 2 is 1.57 bits per heavy atom. The summed E-state index contributed by atoms with van der Waals surface area (Å²) < 4.78 is 34.1. The topological polar surface area (TPSA) is 55.4 Å². The number of methoxy groups -OCH3 is 2. The first-order valence-corrected chi connectivity index (χ1v) is 9.59. The minimum atomic E-state index is 0.117. The van der Waals surface area contributed by atoms with Crippen molar-refractivity contribution in [1.82, 2.24) is 0 Å². The van der Waals surface area contributed by atoms with Crippen LogP contribution in [0.1, 0.15) is 36.5 Å². The molecule has 5 rings (SSSR count). The minimum Gasteiger partial charge on any atom is -0.493 e. The minimum absolute atomic E-state index is 0.117. The molecule has 0 fully saturated rings. The fourth-order valence-electron chi connectivity index (χ4n) is 4.71. The normalized spacial score (nSPS) is 24.1. The predicted molar refractivity (Wildman–Crippen MR) is 102 cm³/mol. The quantitative estimate of drug-likeness (QED) is 0.793. The maximum absolute atomic E-state index is 5.85. The molecule has 2 aromatic rings. The van der Waals surface area contributed by atoms with Gasteiger partial charge in [-0.3, -0.25) is 0 Å². The molecule has 0 amide bonds. The lowest BCUT2D eigenvalue weighted by Crippen LogP contribution is -2.27. The van der Waals surface area contributed by atoms with Crippen LogP contribution in [0, 0.1) is 11.8 Å². The molecule has 0 N–H and O–H groups in total. The van der Waals surface area contributed by atoms with E-state index in [-0.39, 0.29) is 19.5 Å². The molecule has 6 nitrogen and oxygen atoms in total. The van der Waals surface area contributed by atoms with E-state index in [2.05, 4.69) is 32.0 Å². The molecule has 0 bridgehead atoms. The molecule has 1 aliphatic carbocycles. The first kappa shape index (κ1) is 17.3. The molecule has 3 atom stereocenters. The molecule has 148 valence electrons. The van der Waals surface area contributed by atoms with Crippen LogP contribution in [0.5, 0.6) is 34.5 Å². The van der Waals surface area contributed by atoms with Gasteiger partial charge in [-0.05, 0) is 47.6 Å². The lowest BCUT2D eigenvalue weighted by molar-refractivity contribution is 0.171. The van der Waals surface area contributed by atoms with Crippen LogP contribution in [0.3, 0.4) is 0 Å². The Labute approximate surface area is 164 Å². The number of fused-ring (bicyclic) bond motifs is 3. The third kappa shape index (κ3) is 2.40. The summed E-state index contributed by atoms with van der Waals surface area (Å²) in [6, 6.07) is 6.23. The van der Waals surface area contributed by atoms with E-state index in [1.54, 1.807) is 14.2 Å². The number of benzene rings is 2. The Hall–Kier alpha value is -2.76. The van der Waals surface area contributed by atoms with Gasteiger partial charge in [0, 0.05) is 11.5 Å². The summed E-state index contributed by atoms with van der Waals surface area (Å²) >= 11 is 0. The van der Waals surface area contributed by atoms with Gasteiger partial charge in [0.15, 0.2) is 23.0 Å². The van der Waals surface area contributed by atoms with Crippen LogP contribution in [0.15, 0.2) is 18.2 Å². The highest BCUT2D eigenvalue weighted by atomic mass is 16.7. The van der Waals surface area contributed by atoms with E-state index in [9.17, 15) is 0 Å². The zero-order valence-electron chi connectivity index (χ0n) is 16.5. The lowest BCUT2D eigenvalue weighted by atomic mass is 9.67. The summed E-state index contributed by atoms with van der Waals surface area (Å²) in [5.74, 6) is 5.32. The van der Waals surface area contributed by atoms with Crippen molar-refractivity contribution in [3.8, 4) is 34.5 Å². The number of rotatable bonds is 3. The van der Waals surface area contributed by atoms with Gasteiger partial charge in [-0.15, -0.1) is 0 Å². The van der Waals surface area contributed by atoms with Gasteiger partial charge in [-0.25, -0.2) is 0 Å². The molecule has 0 aromatic heterocycles. The van der Waals surface area contributed by atoms with Crippen molar-refractivity contribution in [2.45, 2.75) is 26.2 Å². The zero-order chi connectivity index (χ0) is 19.4. The van der Waals surface area contributed by atoms with Crippen molar-refractivity contribution in [3.63, 3.8) is 0 Å². The summed E-state index contributed by atoms with van der Waals surface area (Å²) in [6.45, 7) is 5.02. The van der Waals surface area contributed by atoms with Gasteiger partial charge in [0.1, 0.15) is 0 Å². The molecule has 0 saturated heterocycles. The van der Waals surface area contributed by atoms with Crippen molar-refractivity contribution in [1.29, 1.82) is 0 Å². The first-order valence-electron chi connectivity index (χ1n) is 9.59. The molecule has 6 heteroatoms. The van der Waals surface area contributed by atoms with E-state index in [1.807, 2.05) is 0 Å². The van der Waals surface area contributed by atoms with Crippen LogP contribution in [0.4, 0.5) is 0 Å². The highest BCUT2D eigenvalue weighted by molar-refractivity contribution is 5.65. The Morgan fingerprint density at radius 3 is 2.29 bits per heavy atom. The summed E-state index contributed by atoms with van der Waals surface area (Å²) in [7, 11) is 3.35. The van der Waals surface area contributed by atoms with Crippen molar-refractivity contribution in [3.05, 3.63) is 34.9 Å². The molecule has 0 unspecified atom stereocenters. The maximum Gasteiger partial charge on any atom is 0.231 e. The summed E-state index contributed by atoms with van der Waals surface area (Å²) in [5, 5.41) is 0. The molecule has 0 saturated carbocycles. The number of ether oxygens (including phenoxy) is 6. The Bertz CT molecular complexity index is 937. The predicted octanol–water partition coefficient (Wildman–Crippen LogP) is 4.12. The second-order valence-electron chi connectivity index (χ2n) is 7.69. The van der Waals surface area contributed by atoms with Crippen molar-refractivity contribution in [2.24, 2.45) is 11.8 Å². The third-order valence-corrected chi connectivity index (χ3v) is 6.26. The van der Waals surface area contributed by atoms with Crippen LogP contribution >= 0.6 is 0 Å². The third-order valence-electron chi connectivity index (χ3n) is 6.26. The molecule has 2 aliphatic heterocycles. The summed E-state index contributed by atoms with van der Waals surface area (Å²) in [6.07, 6.45) is 0.974. The van der Waals surface area contributed by atoms with Gasteiger partial charge in [0.25, 0.3) is 0 Å². The highest BCUT2D eigenvalue weighted by Gasteiger charge is 2.39. The smallest absolute Gasteiger partial charge is 0.231 e. The molecule has 0 radical (unpaired) electrons. The monoisotopic (exact) mass is 384 g/mol. The van der Waals surface area contributed by atoms with Crippen molar-refractivity contribution in [2.75, 3.05) is 27.8 Å². The van der Waals surface area contributed by atoms with Crippen LogP contribution in [-0.4, -0.2) is 27.8 Å². The van der Waals surface area contributed by atoms with Gasteiger partial charge in [0.2, 0.25) is 25.1 Å². The van der Waals surface area contributed by atoms with Gasteiger partial charge in [-0.2, -0.15) is 0 Å². The summed E-state index contributed by atoms with van der Waals surface area (Å²) in [5.41, 5.74) is 3.53. The second kappa shape index (κ2) is 6.40. The molecule has 3 aliphatic rings. The molecule has 0 spiro atoms. The average molecular weight is 384 g/mol. The second-order valence-corrected chi connectivity index (χ2v) is 7.69. The zero-order valence-corrected chi connectivity index (χ0v) is 16.5. The fraction of sp³-hybridized carbons (Fsp3) is 0.455. The van der Waals surface area contributed by atoms with Crippen molar-refractivity contribution >= 4 is 0 Å². The van der Waals surface area contributed by atoms with Crippen LogP contribution < -0.4 is 28.4 Å². The van der Waals surface area contributed by atoms with E-state index < -0.39 is 0 Å². The van der Waals surface area contributed by atoms with Gasteiger partial charge >= 0.3 is 0 Å². The SMILES string of the molecule is COc1cc([C@H]2c3c(cc4c(c3OC)OCO4)C[C@@H](C)[C@@H]2C)cc2c1OCO2. The standard InChI is InChI=1S/C22H24O6/c1-11-5-13-7-17-21(28-10-26-17)22(24-4)19(13)18(12(11)2)14-6-15(23-3)20-16(8-14)25-9-27-20/h6-8,11-12,18H,5,9-10H2,1-4H3/t11-,12+,18+/m1/s1. The molecule has 28 heavy (non-hydrogen) atoms. The summed E-state index contributed by atoms with van der Waals surface area (Å²) in [4.78, 5) is 0. The van der Waals surface area contributed by atoms with Gasteiger partial charge in [-0.1, -0.05) is 13.8 Å². The maximum atomic E-state index is 5.85. The number of hydrogen-bond acceptors (Lipinski definition) is 6. The Kier molecular flexibility index (Phi) is 3.96. The van der Waals surface area contributed by atoms with E-state index in [0.717, 1.165) is 29.2 Å². The largest absolute Gasteiger partial charge is 0.493 e. The van der Waals surface area contributed by atoms with E-state index in [1.165, 1.54) is 11.1 Å². The van der Waals surface area contributed by atoms with Gasteiger partial charge in [0.05, 0.1) is 14.2 Å². The van der Waals surface area contributed by atoms with Crippen molar-refractivity contribution < 1.29 is 28.4 Å². The molecular weight excluding hydrogens is 360 g/mol. The van der Waals surface area contributed by atoms with Gasteiger partial charge < -0.3 is 28.4 Å². The first-order chi connectivity index (χ1) is 13.6. The molecular formula is C22H24O6. The average Bonchev–Trinajstić information content (AvgIpc) is 3.35.